The Labute approximate surface area is 267 Å². The largest absolute Gasteiger partial charge is 0.462 e. The van der Waals surface area contributed by atoms with Gasteiger partial charge in [0, 0.05) is 29.1 Å². The van der Waals surface area contributed by atoms with Crippen molar-refractivity contribution in [1.82, 2.24) is 20.1 Å². The second-order valence-corrected chi connectivity index (χ2v) is 12.7. The first-order valence-electron chi connectivity index (χ1n) is 14.5. The van der Waals surface area contributed by atoms with Crippen molar-refractivity contribution in [2.45, 2.75) is 63.0 Å². The van der Waals surface area contributed by atoms with Gasteiger partial charge in [0.15, 0.2) is 11.0 Å². The van der Waals surface area contributed by atoms with E-state index in [0.29, 0.717) is 34.5 Å². The minimum Gasteiger partial charge on any atom is -0.462 e. The van der Waals surface area contributed by atoms with Gasteiger partial charge < -0.3 is 19.9 Å². The number of esters is 1. The minimum atomic E-state index is -0.584. The molecule has 0 aliphatic heterocycles. The molecule has 2 N–H and O–H groups in total. The summed E-state index contributed by atoms with van der Waals surface area (Å²) < 4.78 is 7.16. The molecule has 0 unspecified atom stereocenters. The topological polar surface area (TPSA) is 158 Å². The number of benzene rings is 2. The van der Waals surface area contributed by atoms with Gasteiger partial charge in [-0.1, -0.05) is 42.1 Å². The summed E-state index contributed by atoms with van der Waals surface area (Å²) in [5.74, 6) is -0.620. The Morgan fingerprint density at radius 2 is 1.87 bits per heavy atom. The van der Waals surface area contributed by atoms with Gasteiger partial charge in [-0.25, -0.2) is 4.79 Å². The molecular formula is C31H32N6O6S2. The highest BCUT2D eigenvalue weighted by atomic mass is 32.2. The van der Waals surface area contributed by atoms with Gasteiger partial charge in [0.1, 0.15) is 5.00 Å². The molecule has 234 valence electrons. The maximum Gasteiger partial charge on any atom is 0.341 e. The monoisotopic (exact) mass is 648 g/mol. The molecule has 14 heteroatoms. The zero-order valence-electron chi connectivity index (χ0n) is 24.8. The summed E-state index contributed by atoms with van der Waals surface area (Å²) in [6.07, 6.45) is 3.30. The summed E-state index contributed by atoms with van der Waals surface area (Å²) in [5, 5.41) is 25.8. The van der Waals surface area contributed by atoms with E-state index in [0.717, 1.165) is 35.3 Å². The molecule has 0 bridgehead atoms. The molecule has 0 fully saturated rings. The Bertz CT molecular complexity index is 1700. The molecule has 1 aliphatic rings. The summed E-state index contributed by atoms with van der Waals surface area (Å²) in [4.78, 5) is 50.4. The molecule has 2 amide bonds. The normalized spacial score (nSPS) is 12.8. The Morgan fingerprint density at radius 3 is 2.58 bits per heavy atom. The first-order chi connectivity index (χ1) is 21.7. The number of anilines is 1. The molecule has 5 rings (SSSR count). The smallest absolute Gasteiger partial charge is 0.341 e. The van der Waals surface area contributed by atoms with Crippen LogP contribution in [0.25, 0.3) is 0 Å². The summed E-state index contributed by atoms with van der Waals surface area (Å²) >= 11 is 2.66. The van der Waals surface area contributed by atoms with Crippen LogP contribution in [0, 0.1) is 10.1 Å². The van der Waals surface area contributed by atoms with E-state index in [9.17, 15) is 24.5 Å². The van der Waals surface area contributed by atoms with Crippen LogP contribution in [0.3, 0.4) is 0 Å². The predicted octanol–water partition coefficient (Wildman–Crippen LogP) is 5.21. The van der Waals surface area contributed by atoms with Gasteiger partial charge in [-0.2, -0.15) is 0 Å². The van der Waals surface area contributed by atoms with Crippen LogP contribution < -0.4 is 10.6 Å². The van der Waals surface area contributed by atoms with Crippen molar-refractivity contribution in [3.05, 3.63) is 97.7 Å². The second-order valence-electron chi connectivity index (χ2n) is 10.3. The van der Waals surface area contributed by atoms with Gasteiger partial charge in [-0.05, 0) is 62.8 Å². The van der Waals surface area contributed by atoms with E-state index in [1.165, 1.54) is 47.4 Å². The van der Waals surface area contributed by atoms with Crippen LogP contribution in [0.4, 0.5) is 10.7 Å². The first kappa shape index (κ1) is 31.9. The molecule has 2 heterocycles. The molecule has 12 nitrogen and oxygen atoms in total. The van der Waals surface area contributed by atoms with Crippen LogP contribution in [0.2, 0.25) is 0 Å². The minimum absolute atomic E-state index is 0.0579. The van der Waals surface area contributed by atoms with Gasteiger partial charge >= 0.3 is 5.97 Å². The Morgan fingerprint density at radius 1 is 1.11 bits per heavy atom. The number of ether oxygens (including phenoxy) is 1. The number of fused-ring (bicyclic) bond motifs is 1. The lowest BCUT2D eigenvalue weighted by Gasteiger charge is -2.14. The third-order valence-corrected chi connectivity index (χ3v) is 9.58. The molecule has 2 aromatic carbocycles. The number of thioether (sulfide) groups is 1. The van der Waals surface area contributed by atoms with Crippen LogP contribution in [-0.2, 0) is 41.9 Å². The quantitative estimate of drug-likeness (QED) is 0.0860. The number of amides is 2. The average molecular weight is 649 g/mol. The number of nitro groups is 1. The van der Waals surface area contributed by atoms with Crippen LogP contribution in [0.15, 0.2) is 59.8 Å². The molecule has 0 spiro atoms. The predicted molar refractivity (Wildman–Crippen MR) is 171 cm³/mol. The van der Waals surface area contributed by atoms with Crippen LogP contribution in [-0.4, -0.2) is 49.3 Å². The fourth-order valence-corrected chi connectivity index (χ4v) is 7.15. The van der Waals surface area contributed by atoms with E-state index in [2.05, 4.69) is 20.8 Å². The number of nitrogens with zero attached hydrogens (tertiary/aromatic N) is 4. The Balaban J connectivity index is 1.31. The van der Waals surface area contributed by atoms with E-state index >= 15 is 0 Å². The fourth-order valence-electron chi connectivity index (χ4n) is 4.98. The molecule has 0 saturated heterocycles. The molecule has 45 heavy (non-hydrogen) atoms. The van der Waals surface area contributed by atoms with Crippen LogP contribution >= 0.6 is 23.1 Å². The van der Waals surface area contributed by atoms with Crippen molar-refractivity contribution in [3.63, 3.8) is 0 Å². The van der Waals surface area contributed by atoms with Gasteiger partial charge in [0.25, 0.3) is 11.6 Å². The lowest BCUT2D eigenvalue weighted by atomic mass is 10.1. The molecule has 0 radical (unpaired) electrons. The maximum atomic E-state index is 13.4. The SMILES string of the molecule is CCOC(=O)c1c(NC(=O)[C@H](C)Sc2nnc(CNC(=O)c3ccc([N+](=O)[O-])cc3)n2CCc2ccccc2)sc2c1CCC2. The molecule has 1 atom stereocenters. The molecule has 4 aromatic rings. The Hall–Kier alpha value is -4.56. The number of non-ortho nitro benzene ring substituents is 1. The molecule has 1 aliphatic carbocycles. The first-order valence-corrected chi connectivity index (χ1v) is 16.2. The van der Waals surface area contributed by atoms with E-state index in [4.69, 9.17) is 4.74 Å². The van der Waals surface area contributed by atoms with Crippen LogP contribution in [0.1, 0.15) is 62.8 Å². The maximum absolute atomic E-state index is 13.4. The summed E-state index contributed by atoms with van der Waals surface area (Å²) in [7, 11) is 0. The number of nitrogens with one attached hydrogen (secondary N) is 2. The zero-order chi connectivity index (χ0) is 31.9. The number of nitro benzene ring substituents is 1. The number of thiophene rings is 1. The number of carbonyl (C=O) groups excluding carboxylic acids is 3. The second kappa shape index (κ2) is 14.5. The lowest BCUT2D eigenvalue weighted by Crippen LogP contribution is -2.26. The number of carbonyl (C=O) groups is 3. The lowest BCUT2D eigenvalue weighted by molar-refractivity contribution is -0.384. The van der Waals surface area contributed by atoms with Gasteiger partial charge in [0.05, 0.1) is 28.9 Å². The Kier molecular flexibility index (Phi) is 10.2. The van der Waals surface area contributed by atoms with E-state index in [1.807, 2.05) is 34.9 Å². The number of hydrogen-bond donors (Lipinski definition) is 2. The van der Waals surface area contributed by atoms with Gasteiger partial charge in [0.2, 0.25) is 5.91 Å². The standard InChI is InChI=1S/C31H32N6O6S2/c1-3-43-30(40)26-23-10-7-11-24(23)45-29(26)33-27(38)19(2)44-31-35-34-25(36(31)17-16-20-8-5-4-6-9-20)18-32-28(39)21-12-14-22(15-13-21)37(41)42/h4-6,8-9,12-15,19H,3,7,10-11,16-18H2,1-2H3,(H,32,39)(H,33,38)/t19-/m0/s1. The van der Waals surface area contributed by atoms with E-state index in [-0.39, 0.29) is 30.3 Å². The van der Waals surface area contributed by atoms with E-state index in [1.54, 1.807) is 13.8 Å². The highest BCUT2D eigenvalue weighted by molar-refractivity contribution is 8.00. The summed E-state index contributed by atoms with van der Waals surface area (Å²) in [6.45, 7) is 4.32. The van der Waals surface area contributed by atoms with Crippen molar-refractivity contribution >= 4 is 51.6 Å². The highest BCUT2D eigenvalue weighted by Crippen LogP contribution is 2.40. The summed E-state index contributed by atoms with van der Waals surface area (Å²) in [5.41, 5.74) is 2.70. The van der Waals surface area contributed by atoms with Gasteiger partial charge in [-0.15, -0.1) is 21.5 Å². The number of hydrogen-bond acceptors (Lipinski definition) is 10. The van der Waals surface area contributed by atoms with Gasteiger partial charge in [-0.3, -0.25) is 19.7 Å². The van der Waals surface area contributed by atoms with Crippen LogP contribution in [0.5, 0.6) is 0 Å². The number of aryl methyl sites for hydroxylation is 2. The molecular weight excluding hydrogens is 617 g/mol. The van der Waals surface area contributed by atoms with Crippen molar-refractivity contribution in [2.24, 2.45) is 0 Å². The average Bonchev–Trinajstić information content (AvgIpc) is 3.74. The number of rotatable bonds is 13. The van der Waals surface area contributed by atoms with Crippen molar-refractivity contribution < 1.29 is 24.0 Å². The third kappa shape index (κ3) is 7.57. The molecule has 2 aromatic heterocycles. The summed E-state index contributed by atoms with van der Waals surface area (Å²) in [6, 6.07) is 15.2. The third-order valence-electron chi connectivity index (χ3n) is 7.30. The zero-order valence-corrected chi connectivity index (χ0v) is 26.4. The van der Waals surface area contributed by atoms with E-state index < -0.39 is 22.0 Å². The highest BCUT2D eigenvalue weighted by Gasteiger charge is 2.30. The van der Waals surface area contributed by atoms with Crippen molar-refractivity contribution in [3.8, 4) is 0 Å². The molecule has 0 saturated carbocycles. The van der Waals surface area contributed by atoms with Crippen molar-refractivity contribution in [1.29, 1.82) is 0 Å². The van der Waals surface area contributed by atoms with Crippen molar-refractivity contribution in [2.75, 3.05) is 11.9 Å². The fraction of sp³-hybridized carbons (Fsp3) is 0.323. The number of aromatic nitrogens is 3.